The zero-order valence-electron chi connectivity index (χ0n) is 13.4. The molecule has 0 aromatic carbocycles. The standard InChI is InChI=1S/C16H34N2/c1-12(2)10-17-11-14(4)16(6)18-8-7-13(3)9-15(18)5/h12-17H,7-11H2,1-6H3. The molecule has 0 aromatic rings. The molecule has 1 aliphatic rings. The van der Waals surface area contributed by atoms with Gasteiger partial charge in [0, 0.05) is 12.1 Å². The van der Waals surface area contributed by atoms with Gasteiger partial charge in [-0.15, -0.1) is 0 Å². The third kappa shape index (κ3) is 4.89. The summed E-state index contributed by atoms with van der Waals surface area (Å²) in [6.45, 7) is 17.7. The molecule has 0 aromatic heterocycles. The van der Waals surface area contributed by atoms with Crippen LogP contribution in [-0.2, 0) is 0 Å². The van der Waals surface area contributed by atoms with Gasteiger partial charge < -0.3 is 5.32 Å². The third-order valence-corrected chi connectivity index (χ3v) is 4.56. The molecule has 4 atom stereocenters. The molecule has 1 rings (SSSR count). The van der Waals surface area contributed by atoms with Crippen LogP contribution in [0.3, 0.4) is 0 Å². The molecule has 0 aliphatic carbocycles. The van der Waals surface area contributed by atoms with Crippen LogP contribution in [0.2, 0.25) is 0 Å². The van der Waals surface area contributed by atoms with E-state index in [1.54, 1.807) is 0 Å². The van der Waals surface area contributed by atoms with E-state index in [2.05, 4.69) is 51.8 Å². The Kier molecular flexibility index (Phi) is 6.65. The van der Waals surface area contributed by atoms with Gasteiger partial charge in [0.25, 0.3) is 0 Å². The molecule has 18 heavy (non-hydrogen) atoms. The highest BCUT2D eigenvalue weighted by atomic mass is 15.2. The van der Waals surface area contributed by atoms with E-state index in [1.165, 1.54) is 19.4 Å². The van der Waals surface area contributed by atoms with Crippen LogP contribution in [0, 0.1) is 17.8 Å². The SMILES string of the molecule is CC(C)CNCC(C)C(C)N1CCC(C)CC1C. The van der Waals surface area contributed by atoms with Gasteiger partial charge >= 0.3 is 0 Å². The van der Waals surface area contributed by atoms with E-state index < -0.39 is 0 Å². The Morgan fingerprint density at radius 3 is 2.33 bits per heavy atom. The molecule has 1 aliphatic heterocycles. The molecular weight excluding hydrogens is 220 g/mol. The Labute approximate surface area is 115 Å². The Bertz CT molecular complexity index is 227. The summed E-state index contributed by atoms with van der Waals surface area (Å²) in [5.41, 5.74) is 0. The predicted octanol–water partition coefficient (Wildman–Crippen LogP) is 3.38. The first-order chi connectivity index (χ1) is 8.41. The van der Waals surface area contributed by atoms with Crippen LogP contribution in [0.5, 0.6) is 0 Å². The van der Waals surface area contributed by atoms with Gasteiger partial charge in [0.15, 0.2) is 0 Å². The maximum Gasteiger partial charge on any atom is 0.0107 e. The molecule has 0 bridgehead atoms. The van der Waals surface area contributed by atoms with Crippen molar-refractivity contribution in [3.8, 4) is 0 Å². The monoisotopic (exact) mass is 254 g/mol. The molecule has 0 spiro atoms. The van der Waals surface area contributed by atoms with E-state index in [1.807, 2.05) is 0 Å². The largest absolute Gasteiger partial charge is 0.316 e. The van der Waals surface area contributed by atoms with Crippen LogP contribution in [-0.4, -0.2) is 36.6 Å². The number of hydrogen-bond donors (Lipinski definition) is 1. The summed E-state index contributed by atoms with van der Waals surface area (Å²) in [4.78, 5) is 2.72. The first-order valence-corrected chi connectivity index (χ1v) is 7.88. The lowest BCUT2D eigenvalue weighted by molar-refractivity contribution is 0.0640. The van der Waals surface area contributed by atoms with Crippen molar-refractivity contribution in [1.29, 1.82) is 0 Å². The fraction of sp³-hybridized carbons (Fsp3) is 1.00. The van der Waals surface area contributed by atoms with Crippen molar-refractivity contribution in [2.75, 3.05) is 19.6 Å². The molecule has 0 amide bonds. The summed E-state index contributed by atoms with van der Waals surface area (Å²) in [7, 11) is 0. The second-order valence-corrected chi connectivity index (χ2v) is 6.99. The number of nitrogens with zero attached hydrogens (tertiary/aromatic N) is 1. The second kappa shape index (κ2) is 7.49. The molecule has 108 valence electrons. The Morgan fingerprint density at radius 1 is 1.11 bits per heavy atom. The van der Waals surface area contributed by atoms with Crippen LogP contribution in [0.4, 0.5) is 0 Å². The first kappa shape index (κ1) is 16.0. The van der Waals surface area contributed by atoms with E-state index >= 15 is 0 Å². The Balaban J connectivity index is 2.35. The molecule has 2 nitrogen and oxygen atoms in total. The molecular formula is C16H34N2. The van der Waals surface area contributed by atoms with Crippen LogP contribution in [0.25, 0.3) is 0 Å². The highest BCUT2D eigenvalue weighted by Crippen LogP contribution is 2.26. The molecule has 0 radical (unpaired) electrons. The molecule has 2 heteroatoms. The van der Waals surface area contributed by atoms with Crippen LogP contribution in [0.1, 0.15) is 54.4 Å². The van der Waals surface area contributed by atoms with Crippen molar-refractivity contribution >= 4 is 0 Å². The summed E-state index contributed by atoms with van der Waals surface area (Å²) in [6.07, 6.45) is 2.75. The number of nitrogens with one attached hydrogen (secondary N) is 1. The Morgan fingerprint density at radius 2 is 1.78 bits per heavy atom. The molecule has 1 heterocycles. The van der Waals surface area contributed by atoms with E-state index in [0.29, 0.717) is 6.04 Å². The topological polar surface area (TPSA) is 15.3 Å². The van der Waals surface area contributed by atoms with Gasteiger partial charge in [0.1, 0.15) is 0 Å². The zero-order chi connectivity index (χ0) is 13.7. The van der Waals surface area contributed by atoms with E-state index in [-0.39, 0.29) is 0 Å². The third-order valence-electron chi connectivity index (χ3n) is 4.56. The van der Waals surface area contributed by atoms with Crippen molar-refractivity contribution in [2.24, 2.45) is 17.8 Å². The average Bonchev–Trinajstić information content (AvgIpc) is 2.27. The van der Waals surface area contributed by atoms with Gasteiger partial charge in [-0.05, 0) is 64.1 Å². The Hall–Kier alpha value is -0.0800. The normalized spacial score (nSPS) is 29.5. The fourth-order valence-electron chi connectivity index (χ4n) is 3.13. The van der Waals surface area contributed by atoms with Crippen LogP contribution < -0.4 is 5.32 Å². The predicted molar refractivity (Wildman–Crippen MR) is 80.9 cm³/mol. The van der Waals surface area contributed by atoms with Crippen molar-refractivity contribution < 1.29 is 0 Å². The van der Waals surface area contributed by atoms with Gasteiger partial charge in [-0.3, -0.25) is 4.90 Å². The maximum absolute atomic E-state index is 3.60. The van der Waals surface area contributed by atoms with Gasteiger partial charge in [0.05, 0.1) is 0 Å². The highest BCUT2D eigenvalue weighted by molar-refractivity contribution is 4.83. The van der Waals surface area contributed by atoms with E-state index in [0.717, 1.165) is 36.9 Å². The molecule has 1 fully saturated rings. The molecule has 0 saturated carbocycles. The minimum atomic E-state index is 0.701. The quantitative estimate of drug-likeness (QED) is 0.782. The van der Waals surface area contributed by atoms with Crippen molar-refractivity contribution in [2.45, 2.75) is 66.5 Å². The van der Waals surface area contributed by atoms with Crippen molar-refractivity contribution in [3.05, 3.63) is 0 Å². The molecule has 1 N–H and O–H groups in total. The first-order valence-electron chi connectivity index (χ1n) is 7.88. The number of rotatable bonds is 6. The summed E-state index contributed by atoms with van der Waals surface area (Å²) in [5, 5.41) is 3.60. The number of likely N-dealkylation sites (tertiary alicyclic amines) is 1. The fourth-order valence-corrected chi connectivity index (χ4v) is 3.13. The van der Waals surface area contributed by atoms with Crippen LogP contribution >= 0.6 is 0 Å². The van der Waals surface area contributed by atoms with Gasteiger partial charge in [0.2, 0.25) is 0 Å². The second-order valence-electron chi connectivity index (χ2n) is 6.99. The van der Waals surface area contributed by atoms with Gasteiger partial charge in [-0.25, -0.2) is 0 Å². The molecule has 4 unspecified atom stereocenters. The summed E-state index contributed by atoms with van der Waals surface area (Å²) in [5.74, 6) is 2.40. The van der Waals surface area contributed by atoms with Gasteiger partial charge in [-0.2, -0.15) is 0 Å². The number of hydrogen-bond acceptors (Lipinski definition) is 2. The minimum Gasteiger partial charge on any atom is -0.316 e. The average molecular weight is 254 g/mol. The summed E-state index contributed by atoms with van der Waals surface area (Å²) < 4.78 is 0. The minimum absolute atomic E-state index is 0.701. The lowest BCUT2D eigenvalue weighted by Gasteiger charge is -2.42. The zero-order valence-corrected chi connectivity index (χ0v) is 13.4. The van der Waals surface area contributed by atoms with Crippen LogP contribution in [0.15, 0.2) is 0 Å². The number of piperidine rings is 1. The highest BCUT2D eigenvalue weighted by Gasteiger charge is 2.28. The summed E-state index contributed by atoms with van der Waals surface area (Å²) in [6, 6.07) is 1.46. The van der Waals surface area contributed by atoms with E-state index in [9.17, 15) is 0 Å². The molecule has 1 saturated heterocycles. The lowest BCUT2D eigenvalue weighted by Crippen LogP contribution is -2.49. The lowest BCUT2D eigenvalue weighted by atomic mass is 9.90. The maximum atomic E-state index is 3.60. The van der Waals surface area contributed by atoms with Crippen molar-refractivity contribution in [1.82, 2.24) is 10.2 Å². The van der Waals surface area contributed by atoms with Gasteiger partial charge in [-0.1, -0.05) is 27.7 Å². The van der Waals surface area contributed by atoms with E-state index in [4.69, 9.17) is 0 Å². The summed E-state index contributed by atoms with van der Waals surface area (Å²) >= 11 is 0. The smallest absolute Gasteiger partial charge is 0.0107 e. The van der Waals surface area contributed by atoms with Crippen molar-refractivity contribution in [3.63, 3.8) is 0 Å².